The Labute approximate surface area is 142 Å². The molecule has 1 unspecified atom stereocenters. The van der Waals surface area contributed by atoms with Gasteiger partial charge in [0.25, 0.3) is 0 Å². The fourth-order valence-corrected chi connectivity index (χ4v) is 3.75. The Morgan fingerprint density at radius 1 is 1.29 bits per heavy atom. The van der Waals surface area contributed by atoms with Crippen LogP contribution < -0.4 is 9.47 Å². The Balaban J connectivity index is 1.87. The average molecular weight is 357 g/mol. The minimum atomic E-state index is -2.93. The summed E-state index contributed by atoms with van der Waals surface area (Å²) in [6, 6.07) is 4.87. The van der Waals surface area contributed by atoms with Gasteiger partial charge in [0.1, 0.15) is 12.7 Å². The van der Waals surface area contributed by atoms with Crippen LogP contribution in [0.15, 0.2) is 18.2 Å². The predicted octanol–water partition coefficient (Wildman–Crippen LogP) is 0.368. The molecule has 8 heteroatoms. The second-order valence-corrected chi connectivity index (χ2v) is 8.14. The van der Waals surface area contributed by atoms with Crippen molar-refractivity contribution in [2.45, 2.75) is 13.0 Å². The highest BCUT2D eigenvalue weighted by Crippen LogP contribution is 2.28. The molecule has 1 aliphatic heterocycles. The number of hydrogen-bond donors (Lipinski definition) is 1. The van der Waals surface area contributed by atoms with Crippen molar-refractivity contribution in [1.29, 1.82) is 0 Å². The molecule has 1 aromatic carbocycles. The number of sulfone groups is 1. The molecular formula is C16H23NO6S. The van der Waals surface area contributed by atoms with Crippen LogP contribution in [0.2, 0.25) is 0 Å². The molecule has 1 heterocycles. The highest BCUT2D eigenvalue weighted by Gasteiger charge is 2.23. The van der Waals surface area contributed by atoms with Gasteiger partial charge in [-0.05, 0) is 25.1 Å². The van der Waals surface area contributed by atoms with Gasteiger partial charge in [0.2, 0.25) is 0 Å². The Bertz CT molecular complexity index is 674. The highest BCUT2D eigenvalue weighted by atomic mass is 32.2. The van der Waals surface area contributed by atoms with Gasteiger partial charge in [-0.15, -0.1) is 0 Å². The van der Waals surface area contributed by atoms with E-state index in [4.69, 9.17) is 9.47 Å². The Morgan fingerprint density at radius 3 is 2.54 bits per heavy atom. The van der Waals surface area contributed by atoms with Crippen molar-refractivity contribution in [3.8, 4) is 11.5 Å². The number of aliphatic hydroxyl groups is 1. The van der Waals surface area contributed by atoms with Crippen LogP contribution in [0.4, 0.5) is 0 Å². The molecule has 1 atom stereocenters. The summed E-state index contributed by atoms with van der Waals surface area (Å²) < 4.78 is 33.6. The van der Waals surface area contributed by atoms with E-state index in [1.54, 1.807) is 18.2 Å². The lowest BCUT2D eigenvalue weighted by atomic mass is 10.1. The van der Waals surface area contributed by atoms with Crippen molar-refractivity contribution < 1.29 is 27.8 Å². The summed E-state index contributed by atoms with van der Waals surface area (Å²) in [6.45, 7) is 2.73. The maximum Gasteiger partial charge on any atom is 0.161 e. The number of nitrogens with zero attached hydrogens (tertiary/aromatic N) is 1. The van der Waals surface area contributed by atoms with Gasteiger partial charge in [-0.3, -0.25) is 9.69 Å². The van der Waals surface area contributed by atoms with E-state index in [9.17, 15) is 18.3 Å². The van der Waals surface area contributed by atoms with Gasteiger partial charge in [-0.25, -0.2) is 8.42 Å². The quantitative estimate of drug-likeness (QED) is 0.705. The van der Waals surface area contributed by atoms with Crippen LogP contribution in [-0.4, -0.2) is 75.2 Å². The second kappa shape index (κ2) is 7.96. The van der Waals surface area contributed by atoms with Crippen molar-refractivity contribution >= 4 is 15.6 Å². The van der Waals surface area contributed by atoms with Gasteiger partial charge >= 0.3 is 0 Å². The van der Waals surface area contributed by atoms with E-state index in [0.717, 1.165) is 0 Å². The van der Waals surface area contributed by atoms with E-state index < -0.39 is 15.9 Å². The van der Waals surface area contributed by atoms with Crippen molar-refractivity contribution in [3.05, 3.63) is 23.8 Å². The summed E-state index contributed by atoms with van der Waals surface area (Å²) in [5.74, 6) is 1.06. The largest absolute Gasteiger partial charge is 0.493 e. The SMILES string of the molecule is COc1cc(C(C)=O)ccc1OCC(O)CN1CCS(=O)(=O)CC1. The third-order valence-corrected chi connectivity index (χ3v) is 5.52. The number of Topliss-reactive ketones (excluding diaryl/α,β-unsaturated/α-hetero) is 1. The number of carbonyl (C=O) groups is 1. The minimum Gasteiger partial charge on any atom is -0.493 e. The van der Waals surface area contributed by atoms with E-state index in [1.165, 1.54) is 14.0 Å². The number of hydrogen-bond acceptors (Lipinski definition) is 7. The van der Waals surface area contributed by atoms with E-state index in [-0.39, 0.29) is 23.9 Å². The van der Waals surface area contributed by atoms with Crippen molar-refractivity contribution in [2.75, 3.05) is 44.9 Å². The van der Waals surface area contributed by atoms with E-state index in [1.807, 2.05) is 4.90 Å². The van der Waals surface area contributed by atoms with Crippen LogP contribution in [0.1, 0.15) is 17.3 Å². The third-order valence-electron chi connectivity index (χ3n) is 3.91. The van der Waals surface area contributed by atoms with Gasteiger partial charge in [-0.1, -0.05) is 0 Å². The summed E-state index contributed by atoms with van der Waals surface area (Å²) in [7, 11) is -1.44. The van der Waals surface area contributed by atoms with E-state index in [0.29, 0.717) is 36.7 Å². The van der Waals surface area contributed by atoms with Gasteiger partial charge in [0, 0.05) is 25.2 Å². The second-order valence-electron chi connectivity index (χ2n) is 5.84. The molecule has 134 valence electrons. The monoisotopic (exact) mass is 357 g/mol. The van der Waals surface area contributed by atoms with Crippen LogP contribution in [0.5, 0.6) is 11.5 Å². The molecule has 2 rings (SSSR count). The fraction of sp³-hybridized carbons (Fsp3) is 0.562. The molecule has 0 aliphatic carbocycles. The molecule has 7 nitrogen and oxygen atoms in total. The average Bonchev–Trinajstić information content (AvgIpc) is 2.54. The molecule has 1 aliphatic rings. The lowest BCUT2D eigenvalue weighted by molar-refractivity contribution is 0.0699. The maximum absolute atomic E-state index is 11.4. The molecule has 0 radical (unpaired) electrons. The van der Waals surface area contributed by atoms with Crippen LogP contribution in [0, 0.1) is 0 Å². The standard InChI is InChI=1S/C16H23NO6S/c1-12(18)13-3-4-15(16(9-13)22-2)23-11-14(19)10-17-5-7-24(20,21)8-6-17/h3-4,9,14,19H,5-8,10-11H2,1-2H3. The molecule has 0 saturated carbocycles. The van der Waals surface area contributed by atoms with Gasteiger partial charge in [0.15, 0.2) is 27.1 Å². The molecule has 0 aromatic heterocycles. The van der Waals surface area contributed by atoms with Crippen LogP contribution in [-0.2, 0) is 9.84 Å². The van der Waals surface area contributed by atoms with Crippen LogP contribution in [0.3, 0.4) is 0 Å². The first-order valence-corrected chi connectivity index (χ1v) is 9.55. The molecule has 24 heavy (non-hydrogen) atoms. The fourth-order valence-electron chi connectivity index (χ4n) is 2.48. The zero-order valence-corrected chi connectivity index (χ0v) is 14.7. The molecule has 0 amide bonds. The summed E-state index contributed by atoms with van der Waals surface area (Å²) in [6.07, 6.45) is -0.747. The van der Waals surface area contributed by atoms with Crippen molar-refractivity contribution in [3.63, 3.8) is 0 Å². The number of carbonyl (C=O) groups excluding carboxylic acids is 1. The van der Waals surface area contributed by atoms with E-state index >= 15 is 0 Å². The Hall–Kier alpha value is -1.64. The normalized spacial score (nSPS) is 18.8. The van der Waals surface area contributed by atoms with Gasteiger partial charge < -0.3 is 14.6 Å². The molecule has 1 saturated heterocycles. The first kappa shape index (κ1) is 18.7. The van der Waals surface area contributed by atoms with Crippen LogP contribution in [0.25, 0.3) is 0 Å². The molecule has 1 aromatic rings. The Kier molecular flexibility index (Phi) is 6.20. The lowest BCUT2D eigenvalue weighted by Gasteiger charge is -2.28. The van der Waals surface area contributed by atoms with Crippen LogP contribution >= 0.6 is 0 Å². The molecular weight excluding hydrogens is 334 g/mol. The summed E-state index contributed by atoms with van der Waals surface area (Å²) in [5, 5.41) is 10.1. The number of aliphatic hydroxyl groups excluding tert-OH is 1. The molecule has 0 bridgehead atoms. The number of β-amino-alcohol motifs (C(OH)–C–C–N with tert-alkyl or cyclic N) is 1. The third kappa shape index (κ3) is 5.19. The number of ether oxygens (including phenoxy) is 2. The predicted molar refractivity (Wildman–Crippen MR) is 89.6 cm³/mol. The maximum atomic E-state index is 11.4. The summed E-state index contributed by atoms with van der Waals surface area (Å²) >= 11 is 0. The van der Waals surface area contributed by atoms with Gasteiger partial charge in [0.05, 0.1) is 18.6 Å². The molecule has 1 fully saturated rings. The van der Waals surface area contributed by atoms with Gasteiger partial charge in [-0.2, -0.15) is 0 Å². The summed E-state index contributed by atoms with van der Waals surface area (Å²) in [4.78, 5) is 13.3. The van der Waals surface area contributed by atoms with Crippen molar-refractivity contribution in [2.24, 2.45) is 0 Å². The Morgan fingerprint density at radius 2 is 1.96 bits per heavy atom. The number of rotatable bonds is 7. The molecule has 1 N–H and O–H groups in total. The topological polar surface area (TPSA) is 93.1 Å². The first-order chi connectivity index (χ1) is 11.3. The smallest absolute Gasteiger partial charge is 0.161 e. The van der Waals surface area contributed by atoms with Crippen molar-refractivity contribution in [1.82, 2.24) is 4.90 Å². The highest BCUT2D eigenvalue weighted by molar-refractivity contribution is 7.91. The molecule has 0 spiro atoms. The zero-order chi connectivity index (χ0) is 17.7. The van der Waals surface area contributed by atoms with E-state index in [2.05, 4.69) is 0 Å². The minimum absolute atomic E-state index is 0.0546. The number of benzene rings is 1. The number of ketones is 1. The first-order valence-electron chi connectivity index (χ1n) is 7.73. The lowest BCUT2D eigenvalue weighted by Crippen LogP contribution is -2.44. The summed E-state index contributed by atoms with van der Waals surface area (Å²) in [5.41, 5.74) is 0.522. The number of methoxy groups -OCH3 is 1. The zero-order valence-electron chi connectivity index (χ0n) is 13.9.